The minimum atomic E-state index is -1.14. The van der Waals surface area contributed by atoms with Gasteiger partial charge in [-0.15, -0.1) is 0 Å². The molecule has 0 aromatic carbocycles. The van der Waals surface area contributed by atoms with Gasteiger partial charge in [-0.2, -0.15) is 0 Å². The van der Waals surface area contributed by atoms with Gasteiger partial charge in [0.25, 0.3) is 0 Å². The number of carboxylic acids is 1. The van der Waals surface area contributed by atoms with Gasteiger partial charge in [0.15, 0.2) is 6.61 Å². The summed E-state index contributed by atoms with van der Waals surface area (Å²) in [5.41, 5.74) is 1.99. The van der Waals surface area contributed by atoms with Crippen LogP contribution < -0.4 is 10.8 Å². The number of nitrogens with one attached hydrogen (secondary N) is 2. The van der Waals surface area contributed by atoms with Crippen molar-refractivity contribution < 1.29 is 24.3 Å². The minimum Gasteiger partial charge on any atom is -0.479 e. The van der Waals surface area contributed by atoms with Crippen LogP contribution in [0.1, 0.15) is 6.42 Å². The fourth-order valence-electron chi connectivity index (χ4n) is 1.53. The zero-order chi connectivity index (χ0) is 13.2. The van der Waals surface area contributed by atoms with Crippen LogP contribution in [0.4, 0.5) is 4.79 Å². The van der Waals surface area contributed by atoms with E-state index in [0.717, 1.165) is 39.3 Å². The van der Waals surface area contributed by atoms with Crippen molar-refractivity contribution in [3.8, 4) is 0 Å². The summed E-state index contributed by atoms with van der Waals surface area (Å²) in [7, 11) is 0. The van der Waals surface area contributed by atoms with E-state index in [9.17, 15) is 9.59 Å². The van der Waals surface area contributed by atoms with Gasteiger partial charge in [0.1, 0.15) is 0 Å². The molecule has 0 unspecified atom stereocenters. The molecule has 1 heterocycles. The molecule has 2 amide bonds. The molecule has 0 saturated carbocycles. The largest absolute Gasteiger partial charge is 0.479 e. The van der Waals surface area contributed by atoms with Crippen molar-refractivity contribution in [3.05, 3.63) is 0 Å². The molecular weight excluding hydrogens is 242 g/mol. The third kappa shape index (κ3) is 7.05. The fourth-order valence-corrected chi connectivity index (χ4v) is 1.53. The van der Waals surface area contributed by atoms with Crippen LogP contribution in [0.3, 0.4) is 0 Å². The number of carboxylic acid groups (broad SMARTS) is 1. The first kappa shape index (κ1) is 14.7. The Hall–Kier alpha value is -1.38. The standard InChI is InChI=1S/C10H19N3O5/c14-9(15)8-18-12-10(16)11-2-1-3-13-4-6-17-7-5-13/h1-8H2,(H,14,15)(H2,11,12,16). The van der Waals surface area contributed by atoms with E-state index in [4.69, 9.17) is 9.84 Å². The van der Waals surface area contributed by atoms with E-state index in [-0.39, 0.29) is 0 Å². The first-order valence-electron chi connectivity index (χ1n) is 5.86. The summed E-state index contributed by atoms with van der Waals surface area (Å²) < 4.78 is 5.22. The summed E-state index contributed by atoms with van der Waals surface area (Å²) in [4.78, 5) is 27.9. The molecule has 1 saturated heterocycles. The first-order valence-corrected chi connectivity index (χ1v) is 5.86. The van der Waals surface area contributed by atoms with Crippen LogP contribution in [-0.4, -0.2) is 68.0 Å². The van der Waals surface area contributed by atoms with Crippen molar-refractivity contribution in [2.45, 2.75) is 6.42 Å². The highest BCUT2D eigenvalue weighted by Crippen LogP contribution is 1.97. The van der Waals surface area contributed by atoms with Crippen LogP contribution in [0, 0.1) is 0 Å². The lowest BCUT2D eigenvalue weighted by Gasteiger charge is -2.26. The third-order valence-corrected chi connectivity index (χ3v) is 2.40. The van der Waals surface area contributed by atoms with Crippen molar-refractivity contribution >= 4 is 12.0 Å². The molecule has 8 nitrogen and oxygen atoms in total. The molecular formula is C10H19N3O5. The number of hydrogen-bond acceptors (Lipinski definition) is 5. The highest BCUT2D eigenvalue weighted by atomic mass is 16.7. The van der Waals surface area contributed by atoms with Crippen LogP contribution in [0.5, 0.6) is 0 Å². The number of aliphatic carboxylic acids is 1. The minimum absolute atomic E-state index is 0.514. The Morgan fingerprint density at radius 2 is 2.06 bits per heavy atom. The number of urea groups is 1. The van der Waals surface area contributed by atoms with E-state index in [1.165, 1.54) is 0 Å². The fraction of sp³-hybridized carbons (Fsp3) is 0.800. The summed E-state index contributed by atoms with van der Waals surface area (Å²) in [5.74, 6) is -1.14. The van der Waals surface area contributed by atoms with Crippen LogP contribution in [0.2, 0.25) is 0 Å². The lowest BCUT2D eigenvalue weighted by atomic mass is 10.3. The summed E-state index contributed by atoms with van der Waals surface area (Å²) in [6, 6.07) is -0.529. The van der Waals surface area contributed by atoms with E-state index in [1.54, 1.807) is 0 Å². The molecule has 0 spiro atoms. The molecule has 1 rings (SSSR count). The highest BCUT2D eigenvalue weighted by Gasteiger charge is 2.09. The quantitative estimate of drug-likeness (QED) is 0.402. The monoisotopic (exact) mass is 261 g/mol. The second-order valence-electron chi connectivity index (χ2n) is 3.85. The van der Waals surface area contributed by atoms with Crippen LogP contribution in [-0.2, 0) is 14.4 Å². The molecule has 1 aliphatic rings. The molecule has 104 valence electrons. The number of hydrogen-bond donors (Lipinski definition) is 3. The van der Waals surface area contributed by atoms with Gasteiger partial charge in [-0.05, 0) is 13.0 Å². The Kier molecular flexibility index (Phi) is 7.07. The Bertz CT molecular complexity index is 268. The van der Waals surface area contributed by atoms with E-state index < -0.39 is 18.6 Å². The van der Waals surface area contributed by atoms with Crippen LogP contribution in [0.15, 0.2) is 0 Å². The predicted octanol–water partition coefficient (Wildman–Crippen LogP) is -0.976. The van der Waals surface area contributed by atoms with Gasteiger partial charge in [0.05, 0.1) is 13.2 Å². The molecule has 0 aliphatic carbocycles. The van der Waals surface area contributed by atoms with E-state index in [1.807, 2.05) is 5.48 Å². The summed E-state index contributed by atoms with van der Waals surface area (Å²) in [6.07, 6.45) is 0.826. The molecule has 1 aliphatic heterocycles. The van der Waals surface area contributed by atoms with Crippen molar-refractivity contribution in [1.82, 2.24) is 15.7 Å². The van der Waals surface area contributed by atoms with Gasteiger partial charge in [-0.1, -0.05) is 0 Å². The number of rotatable bonds is 7. The Morgan fingerprint density at radius 1 is 1.33 bits per heavy atom. The highest BCUT2D eigenvalue weighted by molar-refractivity contribution is 5.73. The lowest BCUT2D eigenvalue weighted by Crippen LogP contribution is -2.40. The summed E-state index contributed by atoms with van der Waals surface area (Å²) in [5, 5.41) is 10.8. The van der Waals surface area contributed by atoms with Gasteiger partial charge < -0.3 is 15.2 Å². The molecule has 3 N–H and O–H groups in total. The number of ether oxygens (including phenoxy) is 1. The van der Waals surface area contributed by atoms with Crippen LogP contribution in [0.25, 0.3) is 0 Å². The zero-order valence-corrected chi connectivity index (χ0v) is 10.2. The van der Waals surface area contributed by atoms with E-state index >= 15 is 0 Å². The van der Waals surface area contributed by atoms with Gasteiger partial charge in [-0.25, -0.2) is 15.1 Å². The maximum Gasteiger partial charge on any atom is 0.338 e. The van der Waals surface area contributed by atoms with E-state index in [2.05, 4.69) is 15.1 Å². The Balaban J connectivity index is 1.93. The second-order valence-corrected chi connectivity index (χ2v) is 3.85. The van der Waals surface area contributed by atoms with Gasteiger partial charge >= 0.3 is 12.0 Å². The number of hydroxylamine groups is 1. The molecule has 1 fully saturated rings. The molecule has 0 aromatic rings. The summed E-state index contributed by atoms with van der Waals surface area (Å²) in [6.45, 7) is 4.23. The smallest absolute Gasteiger partial charge is 0.338 e. The molecule has 8 heteroatoms. The predicted molar refractivity (Wildman–Crippen MR) is 62.0 cm³/mol. The van der Waals surface area contributed by atoms with Gasteiger partial charge in [-0.3, -0.25) is 9.74 Å². The Morgan fingerprint density at radius 3 is 2.72 bits per heavy atom. The number of carbonyl (C=O) groups excluding carboxylic acids is 1. The normalized spacial score (nSPS) is 16.2. The van der Waals surface area contributed by atoms with Crippen molar-refractivity contribution in [2.24, 2.45) is 0 Å². The first-order chi connectivity index (χ1) is 8.68. The average Bonchev–Trinajstić information content (AvgIpc) is 2.35. The van der Waals surface area contributed by atoms with Crippen molar-refractivity contribution in [1.29, 1.82) is 0 Å². The van der Waals surface area contributed by atoms with Gasteiger partial charge in [0.2, 0.25) is 0 Å². The van der Waals surface area contributed by atoms with Crippen LogP contribution >= 0.6 is 0 Å². The molecule has 0 bridgehead atoms. The number of amides is 2. The SMILES string of the molecule is O=C(O)CONC(=O)NCCCN1CCOCC1. The lowest BCUT2D eigenvalue weighted by molar-refractivity contribution is -0.144. The Labute approximate surface area is 105 Å². The molecule has 0 atom stereocenters. The van der Waals surface area contributed by atoms with Crippen molar-refractivity contribution in [2.75, 3.05) is 46.0 Å². The number of carbonyl (C=O) groups is 2. The molecule has 0 aromatic heterocycles. The summed E-state index contributed by atoms with van der Waals surface area (Å²) >= 11 is 0. The average molecular weight is 261 g/mol. The number of nitrogens with zero attached hydrogens (tertiary/aromatic N) is 1. The van der Waals surface area contributed by atoms with E-state index in [0.29, 0.717) is 6.54 Å². The number of morpholine rings is 1. The molecule has 18 heavy (non-hydrogen) atoms. The van der Waals surface area contributed by atoms with Gasteiger partial charge in [0, 0.05) is 19.6 Å². The second kappa shape index (κ2) is 8.67. The maximum atomic E-state index is 11.1. The zero-order valence-electron chi connectivity index (χ0n) is 10.2. The third-order valence-electron chi connectivity index (χ3n) is 2.40. The van der Waals surface area contributed by atoms with Crippen molar-refractivity contribution in [3.63, 3.8) is 0 Å². The topological polar surface area (TPSA) is 100 Å². The molecule has 0 radical (unpaired) electrons. The maximum absolute atomic E-state index is 11.1.